The molecule has 2 aromatic rings. The number of aryl methyl sites for hydroxylation is 1. The van der Waals surface area contributed by atoms with E-state index >= 15 is 0 Å². The summed E-state index contributed by atoms with van der Waals surface area (Å²) in [6, 6.07) is 10.7. The largest absolute Gasteiger partial charge is 1.00 e. The number of unbranched alkanes of at least 4 members (excludes halogenated alkanes) is 9. The fourth-order valence-corrected chi connectivity index (χ4v) is 3.16. The molecule has 0 aliphatic carbocycles. The van der Waals surface area contributed by atoms with Crippen LogP contribution in [0.1, 0.15) is 76.8 Å². The van der Waals surface area contributed by atoms with Crippen LogP contribution in [0, 0.1) is 0 Å². The van der Waals surface area contributed by atoms with Crippen LogP contribution in [0.25, 0.3) is 10.8 Å². The van der Waals surface area contributed by atoms with E-state index in [0.717, 1.165) is 6.42 Å². The summed E-state index contributed by atoms with van der Waals surface area (Å²) in [7, 11) is 0. The average molecular weight is 333 g/mol. The van der Waals surface area contributed by atoms with E-state index in [2.05, 4.69) is 42.2 Å². The third kappa shape index (κ3) is 7.35. The molecular weight excluding hydrogens is 302 g/mol. The lowest BCUT2D eigenvalue weighted by atomic mass is 10.0. The van der Waals surface area contributed by atoms with Gasteiger partial charge in [-0.15, -0.1) is 0 Å². The Labute approximate surface area is 148 Å². The topological polar surface area (TPSA) is 12.9 Å². The highest BCUT2D eigenvalue weighted by atomic mass is 35.5. The van der Waals surface area contributed by atoms with Crippen LogP contribution in [0.5, 0.6) is 0 Å². The van der Waals surface area contributed by atoms with E-state index < -0.39 is 0 Å². The van der Waals surface area contributed by atoms with Crippen LogP contribution in [-0.4, -0.2) is 4.98 Å². The van der Waals surface area contributed by atoms with Gasteiger partial charge in [0.1, 0.15) is 0 Å². The van der Waals surface area contributed by atoms with Crippen LogP contribution < -0.4 is 12.4 Å². The molecule has 0 bridgehead atoms. The Kier molecular flexibility index (Phi) is 10.7. The van der Waals surface area contributed by atoms with Crippen LogP contribution in [0.3, 0.4) is 0 Å². The second kappa shape index (κ2) is 12.4. The summed E-state index contributed by atoms with van der Waals surface area (Å²) < 4.78 is 0. The van der Waals surface area contributed by atoms with E-state index in [4.69, 9.17) is 0 Å². The monoisotopic (exact) mass is 332 g/mol. The Morgan fingerprint density at radius 3 is 2.04 bits per heavy atom. The van der Waals surface area contributed by atoms with Crippen LogP contribution in [0.15, 0.2) is 36.5 Å². The van der Waals surface area contributed by atoms with Crippen LogP contribution in [0.4, 0.5) is 0 Å². The zero-order valence-corrected chi connectivity index (χ0v) is 15.3. The quantitative estimate of drug-likeness (QED) is 0.572. The highest BCUT2D eigenvalue weighted by molar-refractivity contribution is 5.84. The van der Waals surface area contributed by atoms with Crippen molar-refractivity contribution in [3.05, 3.63) is 42.2 Å². The van der Waals surface area contributed by atoms with Gasteiger partial charge in [0, 0.05) is 17.3 Å². The number of fused-ring (bicyclic) bond motifs is 1. The summed E-state index contributed by atoms with van der Waals surface area (Å²) in [5.74, 6) is 0. The Morgan fingerprint density at radius 1 is 0.739 bits per heavy atom. The first-order valence-electron chi connectivity index (χ1n) is 9.24. The summed E-state index contributed by atoms with van der Waals surface area (Å²) in [4.78, 5) is 4.58. The molecule has 0 atom stereocenters. The number of hydrogen-bond donors (Lipinski definition) is 0. The SMILES string of the molecule is CCCCCCCCCCCCc1nccc2ccccc12.[Cl-]. The molecule has 0 saturated carbocycles. The molecule has 0 unspecified atom stereocenters. The molecule has 0 radical (unpaired) electrons. The lowest BCUT2D eigenvalue weighted by Crippen LogP contribution is -3.00. The van der Waals surface area contributed by atoms with E-state index in [1.54, 1.807) is 0 Å². The molecule has 23 heavy (non-hydrogen) atoms. The Bertz CT molecular complexity index is 533. The molecule has 0 amide bonds. The first kappa shape index (κ1) is 20.0. The van der Waals surface area contributed by atoms with E-state index in [0.29, 0.717) is 0 Å². The Hall–Kier alpha value is -1.08. The highest BCUT2D eigenvalue weighted by Gasteiger charge is 2.01. The number of hydrogen-bond acceptors (Lipinski definition) is 1. The molecule has 0 fully saturated rings. The Morgan fingerprint density at radius 2 is 1.35 bits per heavy atom. The van der Waals surface area contributed by atoms with E-state index in [1.165, 1.54) is 80.7 Å². The summed E-state index contributed by atoms with van der Waals surface area (Å²) >= 11 is 0. The van der Waals surface area contributed by atoms with Gasteiger partial charge in [-0.2, -0.15) is 0 Å². The minimum absolute atomic E-state index is 0. The third-order valence-corrected chi connectivity index (χ3v) is 4.52. The first-order valence-corrected chi connectivity index (χ1v) is 9.24. The van der Waals surface area contributed by atoms with Gasteiger partial charge in [-0.1, -0.05) is 89.0 Å². The maximum Gasteiger partial charge on any atom is 0.0481 e. The molecule has 0 aliphatic rings. The van der Waals surface area contributed by atoms with Crippen LogP contribution in [-0.2, 0) is 6.42 Å². The number of benzene rings is 1. The number of aromatic nitrogens is 1. The minimum Gasteiger partial charge on any atom is -1.00 e. The smallest absolute Gasteiger partial charge is 0.0481 e. The zero-order chi connectivity index (χ0) is 15.5. The molecule has 1 nitrogen and oxygen atoms in total. The molecular formula is C21H31ClN-. The molecule has 0 N–H and O–H groups in total. The number of pyridine rings is 1. The standard InChI is InChI=1S/C21H31N.ClH/c1-2-3-4-5-6-7-8-9-10-11-16-21-20-15-13-12-14-19(20)17-18-22-21;/h12-15,17-18H,2-11,16H2,1H3;1H/p-1. The van der Waals surface area contributed by atoms with E-state index in [1.807, 2.05) is 6.20 Å². The summed E-state index contributed by atoms with van der Waals surface area (Å²) in [6.45, 7) is 2.28. The van der Waals surface area contributed by atoms with Crippen molar-refractivity contribution in [2.75, 3.05) is 0 Å². The second-order valence-electron chi connectivity index (χ2n) is 6.41. The normalized spacial score (nSPS) is 10.7. The number of nitrogens with zero attached hydrogens (tertiary/aromatic N) is 1. The average Bonchev–Trinajstić information content (AvgIpc) is 2.56. The van der Waals surface area contributed by atoms with Crippen molar-refractivity contribution in [3.8, 4) is 0 Å². The van der Waals surface area contributed by atoms with Crippen molar-refractivity contribution in [1.29, 1.82) is 0 Å². The van der Waals surface area contributed by atoms with E-state index in [-0.39, 0.29) is 12.4 Å². The fourth-order valence-electron chi connectivity index (χ4n) is 3.16. The minimum atomic E-state index is 0. The molecule has 2 rings (SSSR count). The van der Waals surface area contributed by atoms with Gasteiger partial charge in [-0.3, -0.25) is 4.98 Å². The highest BCUT2D eigenvalue weighted by Crippen LogP contribution is 2.18. The van der Waals surface area contributed by atoms with Crippen molar-refractivity contribution in [2.24, 2.45) is 0 Å². The molecule has 0 spiro atoms. The molecule has 128 valence electrons. The van der Waals surface area contributed by atoms with Crippen molar-refractivity contribution in [3.63, 3.8) is 0 Å². The van der Waals surface area contributed by atoms with Gasteiger partial charge in [0.25, 0.3) is 0 Å². The summed E-state index contributed by atoms with van der Waals surface area (Å²) in [6.07, 6.45) is 17.0. The van der Waals surface area contributed by atoms with Gasteiger partial charge in [-0.25, -0.2) is 0 Å². The predicted molar refractivity (Wildman–Crippen MR) is 97.3 cm³/mol. The summed E-state index contributed by atoms with van der Waals surface area (Å²) in [5, 5.41) is 2.65. The third-order valence-electron chi connectivity index (χ3n) is 4.52. The van der Waals surface area contributed by atoms with Gasteiger partial charge >= 0.3 is 0 Å². The number of halogens is 1. The predicted octanol–water partition coefficient (Wildman–Crippen LogP) is 3.70. The van der Waals surface area contributed by atoms with Gasteiger partial charge in [0.05, 0.1) is 0 Å². The fraction of sp³-hybridized carbons (Fsp3) is 0.571. The molecule has 1 heterocycles. The molecule has 1 aromatic heterocycles. The van der Waals surface area contributed by atoms with Crippen molar-refractivity contribution >= 4 is 10.8 Å². The Balaban J connectivity index is 0.00000264. The van der Waals surface area contributed by atoms with Crippen molar-refractivity contribution in [2.45, 2.75) is 77.6 Å². The maximum atomic E-state index is 4.58. The second-order valence-corrected chi connectivity index (χ2v) is 6.41. The maximum absolute atomic E-state index is 4.58. The van der Waals surface area contributed by atoms with Crippen LogP contribution in [0.2, 0.25) is 0 Å². The zero-order valence-electron chi connectivity index (χ0n) is 14.6. The molecule has 0 saturated heterocycles. The van der Waals surface area contributed by atoms with Crippen LogP contribution >= 0.6 is 0 Å². The molecule has 0 aliphatic heterocycles. The van der Waals surface area contributed by atoms with Crippen molar-refractivity contribution in [1.82, 2.24) is 4.98 Å². The van der Waals surface area contributed by atoms with Gasteiger partial charge in [-0.05, 0) is 24.3 Å². The van der Waals surface area contributed by atoms with E-state index in [9.17, 15) is 0 Å². The lowest BCUT2D eigenvalue weighted by Gasteiger charge is -2.05. The molecule has 2 heteroatoms. The van der Waals surface area contributed by atoms with Gasteiger partial charge < -0.3 is 12.4 Å². The number of rotatable bonds is 11. The van der Waals surface area contributed by atoms with Gasteiger partial charge in [0.15, 0.2) is 0 Å². The lowest BCUT2D eigenvalue weighted by molar-refractivity contribution is -0.00000470. The summed E-state index contributed by atoms with van der Waals surface area (Å²) in [5.41, 5.74) is 1.28. The first-order chi connectivity index (χ1) is 10.9. The van der Waals surface area contributed by atoms with Gasteiger partial charge in [0.2, 0.25) is 0 Å². The molecule has 1 aromatic carbocycles. The van der Waals surface area contributed by atoms with Crippen molar-refractivity contribution < 1.29 is 12.4 Å².